The summed E-state index contributed by atoms with van der Waals surface area (Å²) in [6.45, 7) is 0.843. The number of likely N-dealkylation sites (tertiary alicyclic amines) is 1. The minimum absolute atomic E-state index is 0.179. The third-order valence-corrected chi connectivity index (χ3v) is 6.54. The Labute approximate surface area is 224 Å². The largest absolute Gasteiger partial charge is 0.493 e. The zero-order chi connectivity index (χ0) is 27.5. The molecule has 3 heterocycles. The van der Waals surface area contributed by atoms with Crippen LogP contribution in [-0.4, -0.2) is 67.0 Å². The van der Waals surface area contributed by atoms with E-state index in [0.29, 0.717) is 59.3 Å². The van der Waals surface area contributed by atoms with Gasteiger partial charge < -0.3 is 43.9 Å². The summed E-state index contributed by atoms with van der Waals surface area (Å²) in [5.41, 5.74) is 7.55. The van der Waals surface area contributed by atoms with E-state index in [1.165, 1.54) is 0 Å². The number of carbonyl (C=O) groups excluding carboxylic acids is 2. The van der Waals surface area contributed by atoms with Crippen LogP contribution < -0.4 is 25.3 Å². The van der Waals surface area contributed by atoms with Gasteiger partial charge in [0.25, 0.3) is 5.91 Å². The zero-order valence-electron chi connectivity index (χ0n) is 21.8. The number of amides is 2. The van der Waals surface area contributed by atoms with E-state index in [1.807, 2.05) is 12.1 Å². The molecule has 1 aliphatic rings. The number of hydrogen-bond donors (Lipinski definition) is 2. The Morgan fingerprint density at radius 3 is 2.56 bits per heavy atom. The van der Waals surface area contributed by atoms with Gasteiger partial charge in [-0.1, -0.05) is 0 Å². The van der Waals surface area contributed by atoms with Gasteiger partial charge in [0.2, 0.25) is 5.75 Å². The van der Waals surface area contributed by atoms with Crippen LogP contribution in [0.5, 0.6) is 17.2 Å². The van der Waals surface area contributed by atoms with Crippen LogP contribution in [0, 0.1) is 0 Å². The Morgan fingerprint density at radius 2 is 1.87 bits per heavy atom. The molecule has 2 amide bonds. The standard InChI is InChI=1S/C27H29N5O7/c1-35-21-11-18(12-22(36-2)25(21)37-3)32-14-23(29-15-32)30-20-10-17(9-16-6-8-38-24(16)20)26(33)31-7-4-5-19(13-31)39-27(28)34/h6,8-12,14-15,19,30H,4-5,7,13H2,1-3H3,(H2,28,34). The predicted molar refractivity (Wildman–Crippen MR) is 142 cm³/mol. The average Bonchev–Trinajstić information content (AvgIpc) is 3.61. The number of benzene rings is 2. The van der Waals surface area contributed by atoms with Gasteiger partial charge in [0.05, 0.1) is 51.7 Å². The number of nitrogens with zero attached hydrogens (tertiary/aromatic N) is 3. The number of ether oxygens (including phenoxy) is 4. The van der Waals surface area contributed by atoms with Crippen molar-refractivity contribution in [1.29, 1.82) is 0 Å². The van der Waals surface area contributed by atoms with Gasteiger partial charge >= 0.3 is 6.09 Å². The van der Waals surface area contributed by atoms with E-state index in [0.717, 1.165) is 11.1 Å². The van der Waals surface area contributed by atoms with Crippen LogP contribution in [0.15, 0.2) is 53.5 Å². The summed E-state index contributed by atoms with van der Waals surface area (Å²) in [6, 6.07) is 8.92. The van der Waals surface area contributed by atoms with Crippen molar-refractivity contribution in [2.45, 2.75) is 18.9 Å². The SMILES string of the molecule is COc1cc(-n2cnc(Nc3cc(C(=O)N4CCCC(OC(N)=O)C4)cc4ccoc34)c2)cc(OC)c1OC. The van der Waals surface area contributed by atoms with E-state index in [2.05, 4.69) is 10.3 Å². The summed E-state index contributed by atoms with van der Waals surface area (Å²) in [4.78, 5) is 30.7. The molecule has 12 heteroatoms. The third-order valence-electron chi connectivity index (χ3n) is 6.54. The van der Waals surface area contributed by atoms with Crippen LogP contribution in [0.3, 0.4) is 0 Å². The number of aromatic nitrogens is 2. The van der Waals surface area contributed by atoms with Gasteiger partial charge in [-0.25, -0.2) is 9.78 Å². The zero-order valence-corrected chi connectivity index (χ0v) is 21.8. The first kappa shape index (κ1) is 25.8. The van der Waals surface area contributed by atoms with Crippen molar-refractivity contribution in [3.05, 3.63) is 54.7 Å². The molecule has 1 saturated heterocycles. The fraction of sp³-hybridized carbons (Fsp3) is 0.296. The first-order valence-corrected chi connectivity index (χ1v) is 12.3. The quantitative estimate of drug-likeness (QED) is 0.341. The smallest absolute Gasteiger partial charge is 0.404 e. The van der Waals surface area contributed by atoms with Crippen molar-refractivity contribution in [2.75, 3.05) is 39.7 Å². The number of carbonyl (C=O) groups is 2. The molecule has 2 aromatic heterocycles. The lowest BCUT2D eigenvalue weighted by molar-refractivity contribution is 0.0373. The highest BCUT2D eigenvalue weighted by atomic mass is 16.6. The van der Waals surface area contributed by atoms with Crippen molar-refractivity contribution in [1.82, 2.24) is 14.5 Å². The lowest BCUT2D eigenvalue weighted by atomic mass is 10.1. The van der Waals surface area contributed by atoms with Crippen LogP contribution in [0.1, 0.15) is 23.2 Å². The van der Waals surface area contributed by atoms with Gasteiger partial charge in [-0.3, -0.25) is 4.79 Å². The van der Waals surface area contributed by atoms with Crippen molar-refractivity contribution in [2.24, 2.45) is 5.73 Å². The molecule has 1 fully saturated rings. The maximum absolute atomic E-state index is 13.4. The summed E-state index contributed by atoms with van der Waals surface area (Å²) in [7, 11) is 4.66. The molecule has 3 N–H and O–H groups in total. The molecule has 0 bridgehead atoms. The minimum Gasteiger partial charge on any atom is -0.493 e. The summed E-state index contributed by atoms with van der Waals surface area (Å²) in [5.74, 6) is 1.87. The van der Waals surface area contributed by atoms with Gasteiger partial charge in [-0.15, -0.1) is 0 Å². The summed E-state index contributed by atoms with van der Waals surface area (Å²) < 4.78 is 29.0. The van der Waals surface area contributed by atoms with Crippen LogP contribution >= 0.6 is 0 Å². The molecule has 0 aliphatic carbocycles. The number of hydrogen-bond acceptors (Lipinski definition) is 9. The van der Waals surface area contributed by atoms with Crippen molar-refractivity contribution >= 4 is 34.5 Å². The fourth-order valence-electron chi connectivity index (χ4n) is 4.75. The molecular formula is C27H29N5O7. The van der Waals surface area contributed by atoms with Crippen molar-refractivity contribution < 1.29 is 33.0 Å². The summed E-state index contributed by atoms with van der Waals surface area (Å²) >= 11 is 0. The maximum Gasteiger partial charge on any atom is 0.404 e. The molecule has 0 spiro atoms. The fourth-order valence-corrected chi connectivity index (χ4v) is 4.75. The van der Waals surface area contributed by atoms with Crippen LogP contribution in [0.4, 0.5) is 16.3 Å². The van der Waals surface area contributed by atoms with Gasteiger partial charge in [0.15, 0.2) is 17.1 Å². The Balaban J connectivity index is 1.41. The topological polar surface area (TPSA) is 143 Å². The van der Waals surface area contributed by atoms with E-state index in [1.54, 1.807) is 67.8 Å². The second-order valence-electron chi connectivity index (χ2n) is 8.99. The molecule has 1 unspecified atom stereocenters. The Morgan fingerprint density at radius 1 is 1.10 bits per heavy atom. The molecule has 0 radical (unpaired) electrons. The van der Waals surface area contributed by atoms with E-state index >= 15 is 0 Å². The molecule has 204 valence electrons. The Bertz CT molecular complexity index is 1490. The normalized spacial score (nSPS) is 15.2. The minimum atomic E-state index is -0.841. The number of nitrogens with two attached hydrogens (primary N) is 1. The molecule has 2 aromatic carbocycles. The van der Waals surface area contributed by atoms with E-state index in [4.69, 9.17) is 29.1 Å². The molecule has 5 rings (SSSR count). The van der Waals surface area contributed by atoms with Gasteiger partial charge in [-0.2, -0.15) is 0 Å². The number of piperidine rings is 1. The van der Waals surface area contributed by atoms with Crippen molar-refractivity contribution in [3.63, 3.8) is 0 Å². The van der Waals surface area contributed by atoms with E-state index in [-0.39, 0.29) is 12.5 Å². The first-order valence-electron chi connectivity index (χ1n) is 12.3. The number of nitrogens with one attached hydrogen (secondary N) is 1. The third kappa shape index (κ3) is 5.26. The predicted octanol–water partition coefficient (Wildman–Crippen LogP) is 4.09. The van der Waals surface area contributed by atoms with Crippen LogP contribution in [0.2, 0.25) is 0 Å². The monoisotopic (exact) mass is 535 g/mol. The lowest BCUT2D eigenvalue weighted by Gasteiger charge is -2.32. The highest BCUT2D eigenvalue weighted by Gasteiger charge is 2.27. The molecule has 12 nitrogen and oxygen atoms in total. The number of primary amides is 1. The molecule has 4 aromatic rings. The first-order chi connectivity index (χ1) is 18.9. The van der Waals surface area contributed by atoms with E-state index < -0.39 is 12.2 Å². The number of anilines is 2. The lowest BCUT2D eigenvalue weighted by Crippen LogP contribution is -2.44. The number of rotatable bonds is 8. The number of imidazole rings is 1. The van der Waals surface area contributed by atoms with Crippen LogP contribution in [0.25, 0.3) is 16.7 Å². The van der Waals surface area contributed by atoms with Gasteiger partial charge in [0, 0.05) is 29.6 Å². The Kier molecular flexibility index (Phi) is 7.17. The molecule has 0 saturated carbocycles. The van der Waals surface area contributed by atoms with Gasteiger partial charge in [0.1, 0.15) is 18.2 Å². The van der Waals surface area contributed by atoms with Crippen LogP contribution in [-0.2, 0) is 4.74 Å². The average molecular weight is 536 g/mol. The second-order valence-corrected chi connectivity index (χ2v) is 8.99. The maximum atomic E-state index is 13.4. The summed E-state index contributed by atoms with van der Waals surface area (Å²) in [6.07, 6.45) is 5.11. The second kappa shape index (κ2) is 10.9. The number of furan rings is 1. The summed E-state index contributed by atoms with van der Waals surface area (Å²) in [5, 5.41) is 4.03. The number of fused-ring (bicyclic) bond motifs is 1. The van der Waals surface area contributed by atoms with Crippen molar-refractivity contribution in [3.8, 4) is 22.9 Å². The Hall–Kier alpha value is -4.87. The molecular weight excluding hydrogens is 506 g/mol. The highest BCUT2D eigenvalue weighted by Crippen LogP contribution is 2.39. The van der Waals surface area contributed by atoms with E-state index in [9.17, 15) is 9.59 Å². The van der Waals surface area contributed by atoms with Gasteiger partial charge in [-0.05, 0) is 31.0 Å². The molecule has 39 heavy (non-hydrogen) atoms. The molecule has 1 atom stereocenters. The number of methoxy groups -OCH3 is 3. The highest BCUT2D eigenvalue weighted by molar-refractivity contribution is 6.02. The molecule has 1 aliphatic heterocycles.